The molecule has 0 aromatic carbocycles. The molecule has 0 aliphatic rings. The van der Waals surface area contributed by atoms with Gasteiger partial charge in [0.05, 0.1) is 0 Å². The largest absolute Gasteiger partial charge is 0.197 e. The van der Waals surface area contributed by atoms with Crippen LogP contribution in [0.4, 0.5) is 0 Å². The number of hydrogen-bond donors (Lipinski definition) is 1. The van der Waals surface area contributed by atoms with Crippen molar-refractivity contribution in [3.8, 4) is 0 Å². The Bertz CT molecular complexity index is 20.8. The zero-order valence-electron chi connectivity index (χ0n) is 3.98. The predicted octanol–water partition coefficient (Wildman–Crippen LogP) is 1.06. The van der Waals surface area contributed by atoms with Crippen molar-refractivity contribution in [1.29, 1.82) is 0 Å². The molecular formula is C3H10S2Si. The lowest BCUT2D eigenvalue weighted by atomic mass is 10.6. The van der Waals surface area contributed by atoms with Gasteiger partial charge in [-0.2, -0.15) is 23.3 Å². The molecule has 0 saturated carbocycles. The minimum Gasteiger partial charge on any atom is -0.197 e. The zero-order valence-corrected chi connectivity index (χ0v) is 7.10. The summed E-state index contributed by atoms with van der Waals surface area (Å²) in [6, 6.07) is 0. The summed E-state index contributed by atoms with van der Waals surface area (Å²) in [6.07, 6.45) is 1.30. The third-order valence-corrected chi connectivity index (χ3v) is 4.38. The molecule has 0 radical (unpaired) electrons. The molecular weight excluding hydrogens is 128 g/mol. The van der Waals surface area contributed by atoms with Crippen molar-refractivity contribution >= 4 is 31.1 Å². The minimum absolute atomic E-state index is 0.0141. The van der Waals surface area contributed by atoms with Crippen LogP contribution in [0.2, 0.25) is 0 Å². The lowest BCUT2D eigenvalue weighted by Crippen LogP contribution is -1.73. The molecule has 0 aliphatic carbocycles. The van der Waals surface area contributed by atoms with Gasteiger partial charge >= 0.3 is 0 Å². The van der Waals surface area contributed by atoms with Gasteiger partial charge in [0.25, 0.3) is 0 Å². The molecule has 0 rings (SSSR count). The van der Waals surface area contributed by atoms with Gasteiger partial charge in [0, 0.05) is 0 Å². The highest BCUT2D eigenvalue weighted by Crippen LogP contribution is 1.98. The van der Waals surface area contributed by atoms with Crippen LogP contribution in [-0.2, 0) is 0 Å². The van der Waals surface area contributed by atoms with Crippen LogP contribution >= 0.6 is 23.3 Å². The molecule has 0 aromatic heterocycles. The molecule has 6 heavy (non-hydrogen) atoms. The summed E-state index contributed by atoms with van der Waals surface area (Å²) in [6.45, 7) is 2.20. The summed E-state index contributed by atoms with van der Waals surface area (Å²) >= 11 is 6.17. The van der Waals surface area contributed by atoms with Crippen LogP contribution in [0, 0.1) is 0 Å². The Hall–Kier alpha value is 0.917. The van der Waals surface area contributed by atoms with E-state index in [0.29, 0.717) is 0 Å². The monoisotopic (exact) mass is 138 g/mol. The lowest BCUT2D eigenvalue weighted by molar-refractivity contribution is 1.11. The average molecular weight is 138 g/mol. The van der Waals surface area contributed by atoms with E-state index in [-0.39, 0.29) is 7.82 Å². The fourth-order valence-electron chi connectivity index (χ4n) is 0.209. The van der Waals surface area contributed by atoms with E-state index >= 15 is 0 Å². The van der Waals surface area contributed by atoms with Crippen LogP contribution in [0.25, 0.3) is 0 Å². The highest BCUT2D eigenvalue weighted by atomic mass is 32.5. The molecule has 0 aromatic rings. The van der Waals surface area contributed by atoms with E-state index in [1.54, 1.807) is 0 Å². The molecule has 0 spiro atoms. The topological polar surface area (TPSA) is 0 Å². The first-order valence-electron chi connectivity index (χ1n) is 2.10. The molecule has 0 saturated heterocycles. The Morgan fingerprint density at radius 3 is 2.67 bits per heavy atom. The summed E-state index contributed by atoms with van der Waals surface area (Å²) in [5.41, 5.74) is 0. The van der Waals surface area contributed by atoms with Gasteiger partial charge in [-0.05, 0) is 12.2 Å². The van der Waals surface area contributed by atoms with E-state index in [2.05, 4.69) is 19.0 Å². The highest BCUT2D eigenvalue weighted by molar-refractivity contribution is 8.44. The highest BCUT2D eigenvalue weighted by Gasteiger charge is 1.76. The summed E-state index contributed by atoms with van der Waals surface area (Å²) in [5, 5.41) is 0. The van der Waals surface area contributed by atoms with Gasteiger partial charge in [0.1, 0.15) is 7.82 Å². The van der Waals surface area contributed by atoms with Gasteiger partial charge in [-0.25, -0.2) is 0 Å². The van der Waals surface area contributed by atoms with Crippen LogP contribution in [0.3, 0.4) is 0 Å². The molecule has 0 unspecified atom stereocenters. The number of rotatable bonds is 3. The molecule has 0 fully saturated rings. The second-order valence-corrected chi connectivity index (χ2v) is 6.44. The summed E-state index contributed by atoms with van der Waals surface area (Å²) in [7, 11) is 0.0141. The van der Waals surface area contributed by atoms with Crippen molar-refractivity contribution in [2.75, 3.05) is 5.75 Å². The van der Waals surface area contributed by atoms with Crippen LogP contribution in [0.5, 0.6) is 0 Å². The van der Waals surface area contributed by atoms with Gasteiger partial charge in [-0.15, -0.1) is 0 Å². The van der Waals surface area contributed by atoms with Crippen molar-refractivity contribution in [2.45, 2.75) is 13.3 Å². The SMILES string of the molecule is CCCS[SiH2]S. The van der Waals surface area contributed by atoms with Gasteiger partial charge in [0.15, 0.2) is 0 Å². The second-order valence-electron chi connectivity index (χ2n) is 1.04. The Morgan fingerprint density at radius 2 is 2.50 bits per heavy atom. The Morgan fingerprint density at radius 1 is 1.83 bits per heavy atom. The Labute approximate surface area is 50.6 Å². The van der Waals surface area contributed by atoms with Gasteiger partial charge in [0.2, 0.25) is 0 Å². The van der Waals surface area contributed by atoms with Crippen molar-refractivity contribution in [3.63, 3.8) is 0 Å². The molecule has 0 nitrogen and oxygen atoms in total. The van der Waals surface area contributed by atoms with Crippen molar-refractivity contribution < 1.29 is 0 Å². The second kappa shape index (κ2) is 5.92. The first kappa shape index (κ1) is 6.92. The first-order valence-corrected chi connectivity index (χ1v) is 7.52. The molecule has 0 amide bonds. The summed E-state index contributed by atoms with van der Waals surface area (Å²) in [4.78, 5) is 0. The van der Waals surface area contributed by atoms with E-state index in [1.165, 1.54) is 12.2 Å². The van der Waals surface area contributed by atoms with E-state index in [1.807, 2.05) is 11.2 Å². The number of hydrogen-bond acceptors (Lipinski definition) is 2. The first-order chi connectivity index (χ1) is 2.91. The van der Waals surface area contributed by atoms with Gasteiger partial charge in [-0.3, -0.25) is 0 Å². The summed E-state index contributed by atoms with van der Waals surface area (Å²) < 4.78 is 0. The van der Waals surface area contributed by atoms with E-state index in [4.69, 9.17) is 0 Å². The number of thiol groups is 1. The van der Waals surface area contributed by atoms with Gasteiger partial charge in [-0.1, -0.05) is 6.92 Å². The Balaban J connectivity index is 2.34. The third kappa shape index (κ3) is 4.92. The van der Waals surface area contributed by atoms with E-state index < -0.39 is 0 Å². The Kier molecular flexibility index (Phi) is 6.82. The fourth-order valence-corrected chi connectivity index (χ4v) is 3.04. The molecule has 0 aliphatic heterocycles. The van der Waals surface area contributed by atoms with Crippen molar-refractivity contribution in [1.82, 2.24) is 0 Å². The van der Waals surface area contributed by atoms with Crippen LogP contribution < -0.4 is 0 Å². The minimum atomic E-state index is 0.0141. The van der Waals surface area contributed by atoms with Crippen LogP contribution in [-0.4, -0.2) is 13.6 Å². The van der Waals surface area contributed by atoms with E-state index in [9.17, 15) is 0 Å². The molecule has 3 heteroatoms. The maximum absolute atomic E-state index is 4.16. The fraction of sp³-hybridized carbons (Fsp3) is 1.00. The van der Waals surface area contributed by atoms with Crippen LogP contribution in [0.1, 0.15) is 13.3 Å². The molecule has 0 N–H and O–H groups in total. The molecule has 0 atom stereocenters. The normalized spacial score (nSPS) is 11.0. The van der Waals surface area contributed by atoms with E-state index in [0.717, 1.165) is 0 Å². The van der Waals surface area contributed by atoms with Crippen molar-refractivity contribution in [3.05, 3.63) is 0 Å². The smallest absolute Gasteiger partial charge is 0.142 e. The third-order valence-electron chi connectivity index (χ3n) is 0.440. The summed E-state index contributed by atoms with van der Waals surface area (Å²) in [5.74, 6) is 1.32. The molecule has 38 valence electrons. The van der Waals surface area contributed by atoms with Crippen molar-refractivity contribution in [2.24, 2.45) is 0 Å². The lowest BCUT2D eigenvalue weighted by Gasteiger charge is -1.85. The molecule has 0 heterocycles. The quantitative estimate of drug-likeness (QED) is 0.346. The van der Waals surface area contributed by atoms with Crippen LogP contribution in [0.15, 0.2) is 0 Å². The standard InChI is InChI=1S/C3H10S2Si/c1-2-3-5-6-4/h4H,2-3,6H2,1H3. The zero-order chi connectivity index (χ0) is 4.83. The molecule has 0 bridgehead atoms. The maximum atomic E-state index is 4.16. The predicted molar refractivity (Wildman–Crippen MR) is 40.3 cm³/mol. The maximum Gasteiger partial charge on any atom is 0.142 e. The van der Waals surface area contributed by atoms with Gasteiger partial charge < -0.3 is 0 Å². The average Bonchev–Trinajstić information content (AvgIpc) is 1.61.